The van der Waals surface area contributed by atoms with Gasteiger partial charge in [-0.05, 0) is 64.2 Å². The molecule has 496 valence electrons. The van der Waals surface area contributed by atoms with E-state index in [2.05, 4.69) is 42.5 Å². The Morgan fingerprint density at radius 2 is 1.21 bits per heavy atom. The number of nitrogens with one attached hydrogen (secondary N) is 8. The van der Waals surface area contributed by atoms with Gasteiger partial charge < -0.3 is 68.5 Å². The minimum Gasteiger partial charge on any atom is -0.508 e. The van der Waals surface area contributed by atoms with Crippen LogP contribution in [0, 0.1) is 17.8 Å². The van der Waals surface area contributed by atoms with Gasteiger partial charge in [0, 0.05) is 98.5 Å². The molecular weight excluding hydrogens is 1290 g/mol. The van der Waals surface area contributed by atoms with Gasteiger partial charge in [0.05, 0.1) is 42.5 Å². The molecule has 0 spiro atoms. The number of carboxylic acids is 1. The summed E-state index contributed by atoms with van der Waals surface area (Å²) in [5.41, 5.74) is 6.06. The van der Waals surface area contributed by atoms with Crippen molar-refractivity contribution >= 4 is 153 Å². The van der Waals surface area contributed by atoms with Crippen molar-refractivity contribution < 1.29 is 87.2 Å². The highest BCUT2D eigenvalue weighted by Crippen LogP contribution is 2.32. The van der Waals surface area contributed by atoms with Crippen molar-refractivity contribution in [2.24, 2.45) is 23.5 Å². The van der Waals surface area contributed by atoms with E-state index in [1.54, 1.807) is 6.92 Å². The van der Waals surface area contributed by atoms with Crippen molar-refractivity contribution in [3.05, 3.63) is 29.8 Å². The van der Waals surface area contributed by atoms with E-state index in [0.29, 0.717) is 5.56 Å². The quantitative estimate of drug-likeness (QED) is 0.135. The van der Waals surface area contributed by atoms with Crippen molar-refractivity contribution in [1.29, 1.82) is 0 Å². The molecule has 4 fully saturated rings. The molecule has 4 heterocycles. The molecule has 0 radical (unpaired) electrons. The number of nitrogens with zero attached hydrogens (tertiary/aromatic N) is 1. The van der Waals surface area contributed by atoms with Crippen LogP contribution in [0.3, 0.4) is 0 Å². The summed E-state index contributed by atoms with van der Waals surface area (Å²) in [4.78, 5) is 212. The summed E-state index contributed by atoms with van der Waals surface area (Å²) in [6.07, 6.45) is -6.21. The number of hydrogen-bond acceptors (Lipinski definition) is 23. The van der Waals surface area contributed by atoms with Crippen molar-refractivity contribution in [3.63, 3.8) is 0 Å². The van der Waals surface area contributed by atoms with E-state index < -0.39 is 211 Å². The fourth-order valence-corrected chi connectivity index (χ4v) is 17.4. The number of primary amides is 1. The number of hydrogen-bond donors (Lipinski definition) is 12. The normalized spacial score (nSPS) is 29.3. The number of phenolic OH excluding ortho intramolecular Hbond substituents is 1. The molecule has 0 saturated carbocycles. The summed E-state index contributed by atoms with van der Waals surface area (Å²) in [6, 6.07) is -7.13. The van der Waals surface area contributed by atoms with Gasteiger partial charge in [0.15, 0.2) is 23.1 Å². The van der Waals surface area contributed by atoms with Gasteiger partial charge in [0.2, 0.25) is 59.1 Å². The predicted molar refractivity (Wildman–Crippen MR) is 340 cm³/mol. The van der Waals surface area contributed by atoms with Gasteiger partial charge in [-0.15, -0.1) is 0 Å². The van der Waals surface area contributed by atoms with Crippen LogP contribution in [0.15, 0.2) is 24.3 Å². The molecule has 0 aromatic heterocycles. The lowest BCUT2D eigenvalue weighted by Gasteiger charge is -2.30. The van der Waals surface area contributed by atoms with E-state index in [9.17, 15) is 87.2 Å². The summed E-state index contributed by atoms with van der Waals surface area (Å²) < 4.78 is 0. The first-order valence-corrected chi connectivity index (χ1v) is 36.6. The molecular formula is C56H78N10O18S6. The number of aliphatic carboxylic acids is 1. The number of Topliss-reactive ketones (excluding diaryl/α,β-unsaturated/α-hetero) is 4. The van der Waals surface area contributed by atoms with Crippen molar-refractivity contribution in [1.82, 2.24) is 47.4 Å². The lowest BCUT2D eigenvalue weighted by atomic mass is 9.89. The zero-order valence-corrected chi connectivity index (χ0v) is 54.9. The smallest absolute Gasteiger partial charge is 0.303 e. The van der Waals surface area contributed by atoms with Crippen LogP contribution < -0.4 is 48.3 Å². The third kappa shape index (κ3) is 24.2. The van der Waals surface area contributed by atoms with Gasteiger partial charge in [-0.3, -0.25) is 71.9 Å². The van der Waals surface area contributed by atoms with Gasteiger partial charge in [-0.2, -0.15) is 0 Å². The number of phenols is 1. The van der Waals surface area contributed by atoms with E-state index in [1.807, 2.05) is 0 Å². The van der Waals surface area contributed by atoms with Crippen LogP contribution >= 0.6 is 64.8 Å². The Morgan fingerprint density at radius 3 is 1.82 bits per heavy atom. The molecule has 4 bridgehead atoms. The van der Waals surface area contributed by atoms with Gasteiger partial charge in [-0.25, -0.2) is 0 Å². The van der Waals surface area contributed by atoms with E-state index >= 15 is 0 Å². The Kier molecular flexibility index (Phi) is 30.6. The average Bonchev–Trinajstić information content (AvgIpc) is 2.65. The van der Waals surface area contributed by atoms with E-state index in [4.69, 9.17) is 5.73 Å². The monoisotopic (exact) mass is 1370 g/mol. The first-order chi connectivity index (χ1) is 42.6. The Bertz CT molecular complexity index is 2840. The fourth-order valence-electron chi connectivity index (χ4n) is 9.93. The number of nitrogens with two attached hydrogens (primary N) is 1. The highest BCUT2D eigenvalue weighted by Gasteiger charge is 2.42. The Morgan fingerprint density at radius 1 is 0.644 bits per heavy atom. The minimum atomic E-state index is -1.76. The second-order valence-corrected chi connectivity index (χ2v) is 30.0. The molecule has 0 aliphatic carbocycles. The second-order valence-electron chi connectivity index (χ2n) is 22.4. The number of aromatic hydroxyl groups is 1. The Labute approximate surface area is 543 Å². The van der Waals surface area contributed by atoms with Crippen LogP contribution in [0.25, 0.3) is 0 Å². The SMILES string of the molecule is CC(=O)N[C@H]1CSSCC2NC(=O)[C@@H]3CSSC[C@@H](C)NC(=O)CCC(=O)[C@H]([C@H](C)O)NC(=O)[C@H](CSSC[C@H](CC1=O)C(=O)N[C@@H](CCC(=O)O)C(=O)C[C@@H](Cc1ccc(O)cc1)C(=O)N3)CC(=O)[C@H](C)NC(=O)[C@@H]1CCCN1C(=O)[C@H](CC(N)=O)NC2=O. The minimum absolute atomic E-state index is 0.0591. The standard InChI is InChI=1S/C56H78N10O18S6/c1-27-21-85-89-25-39-54(82)64-40-26-90-88-24-38(60-30(4)68)45(73)19-34(51(79)61-36(11-14-48(76)77)44(72)17-32(50(78)63-39)16-31-7-9-35(69)10-8-31)23-87-86-22-33(52(80)65-49(29(3)67)42(70)12-13-47(75)58-27)18-43(71)28(2)59-55(83)41-6-5-15-66(41)56(84)37(20-46(57)74)62-53(40)81/h7-10,27-29,32-34,36-41,49,67,69H,5-6,11-26H2,1-4H3,(H2,57,74)(H,58,75)(H,59,83)(H,60,68)(H,61,79)(H,62,81)(H,63,78)(H,64,82)(H,65,80)(H,76,77)/t27-,28+,29+,32-,33+,34+,36+,37+,38+,39+,40?,41+,49+/m1/s1. The van der Waals surface area contributed by atoms with Gasteiger partial charge >= 0.3 is 5.97 Å². The molecule has 90 heavy (non-hydrogen) atoms. The lowest BCUT2D eigenvalue weighted by Crippen LogP contribution is -2.60. The number of amides is 10. The number of fused-ring (bicyclic) bond motifs is 20. The Balaban J connectivity index is 1.76. The molecule has 4 saturated heterocycles. The molecule has 4 aliphatic heterocycles. The fraction of sp³-hybridized carbons (Fsp3) is 0.625. The van der Waals surface area contributed by atoms with Crippen molar-refractivity contribution in [3.8, 4) is 5.75 Å². The average molecular weight is 1370 g/mol. The maximum atomic E-state index is 14.9. The van der Waals surface area contributed by atoms with Crippen molar-refractivity contribution in [2.45, 2.75) is 159 Å². The molecule has 1 unspecified atom stereocenters. The van der Waals surface area contributed by atoms with Gasteiger partial charge in [0.1, 0.15) is 36.0 Å². The highest BCUT2D eigenvalue weighted by atomic mass is 33.1. The van der Waals surface area contributed by atoms with Crippen LogP contribution in [0.5, 0.6) is 5.75 Å². The van der Waals surface area contributed by atoms with Crippen LogP contribution in [-0.2, 0) is 78.3 Å². The van der Waals surface area contributed by atoms with Crippen LogP contribution in [0.4, 0.5) is 0 Å². The molecule has 13 atom stereocenters. The molecule has 28 nitrogen and oxygen atoms in total. The molecule has 1 aromatic carbocycles. The van der Waals surface area contributed by atoms with E-state index in [-0.39, 0.29) is 72.5 Å². The number of benzene rings is 1. The predicted octanol–water partition coefficient (Wildman–Crippen LogP) is -0.755. The number of rotatable bonds is 9. The summed E-state index contributed by atoms with van der Waals surface area (Å²) in [5, 5.41) is 51.8. The highest BCUT2D eigenvalue weighted by molar-refractivity contribution is 8.77. The number of aliphatic hydroxyl groups excluding tert-OH is 1. The zero-order valence-electron chi connectivity index (χ0n) is 50.0. The van der Waals surface area contributed by atoms with E-state index in [1.165, 1.54) is 38.1 Å². The molecule has 1 aromatic rings. The molecule has 10 amide bonds. The molecule has 13 N–H and O–H groups in total. The number of carbonyl (C=O) groups excluding carboxylic acids is 14. The maximum absolute atomic E-state index is 14.9. The van der Waals surface area contributed by atoms with Gasteiger partial charge in [0.25, 0.3) is 0 Å². The van der Waals surface area contributed by atoms with Crippen LogP contribution in [-0.4, -0.2) is 210 Å². The maximum Gasteiger partial charge on any atom is 0.303 e. The molecule has 34 heteroatoms. The lowest BCUT2D eigenvalue weighted by molar-refractivity contribution is -0.143. The number of ketones is 4. The van der Waals surface area contributed by atoms with Crippen LogP contribution in [0.1, 0.15) is 97.5 Å². The summed E-state index contributed by atoms with van der Waals surface area (Å²) >= 11 is 0. The number of carboxylic acid groups (broad SMARTS) is 1. The summed E-state index contributed by atoms with van der Waals surface area (Å²) in [5.74, 6) is -18.8. The largest absolute Gasteiger partial charge is 0.508 e. The zero-order chi connectivity index (χ0) is 66.4. The van der Waals surface area contributed by atoms with Gasteiger partial charge in [-0.1, -0.05) is 76.9 Å². The molecule has 5 rings (SSSR count). The Hall–Kier alpha value is -6.07. The first kappa shape index (κ1) is 74.7. The van der Waals surface area contributed by atoms with Crippen molar-refractivity contribution in [2.75, 3.05) is 41.1 Å². The topological polar surface area (TPSA) is 442 Å². The number of aliphatic hydroxyl groups is 1. The summed E-state index contributed by atoms with van der Waals surface area (Å²) in [6.45, 7) is 5.29. The second kappa shape index (κ2) is 36.8. The summed E-state index contributed by atoms with van der Waals surface area (Å²) in [7, 11) is 5.93. The van der Waals surface area contributed by atoms with E-state index in [0.717, 1.165) is 76.6 Å². The molecule has 4 aliphatic rings. The first-order valence-electron chi connectivity index (χ1n) is 29.1. The third-order valence-electron chi connectivity index (χ3n) is 14.9. The number of carbonyl (C=O) groups is 15. The third-order valence-corrected chi connectivity index (χ3v) is 22.5. The van der Waals surface area contributed by atoms with Crippen LogP contribution in [0.2, 0.25) is 0 Å².